The number of anilines is 1. The number of aliphatic carboxylic acids is 1. The molecule has 0 aromatic carbocycles. The van der Waals surface area contributed by atoms with E-state index in [2.05, 4.69) is 19.8 Å². The van der Waals surface area contributed by atoms with Crippen molar-refractivity contribution in [1.29, 1.82) is 0 Å². The summed E-state index contributed by atoms with van der Waals surface area (Å²) < 4.78 is 7.77. The van der Waals surface area contributed by atoms with E-state index in [1.807, 2.05) is 45.9 Å². The van der Waals surface area contributed by atoms with Gasteiger partial charge in [-0.1, -0.05) is 5.16 Å². The van der Waals surface area contributed by atoms with Gasteiger partial charge < -0.3 is 25.4 Å². The van der Waals surface area contributed by atoms with Gasteiger partial charge in [0.05, 0.1) is 6.20 Å². The molecule has 0 bridgehead atoms. The molecule has 2 aliphatic heterocycles. The zero-order chi connectivity index (χ0) is 24.7. The minimum absolute atomic E-state index is 0.0304. The summed E-state index contributed by atoms with van der Waals surface area (Å²) in [6.45, 7) is 0.311. The third-order valence-corrected chi connectivity index (χ3v) is 7.37. The molecular formula is C20H19N8O5S2+. The standard InChI is InChI=1S/C20H18N8O5S2/c1-33-24-12(15-23-20(21)35-25-15)16(29)22-13-17(30)28-14(19(31)32)10(9-34-18(13)28)7-26-5-6-27-4-2-3-11(27)8-26/h2-6,8,13,18H,7,9H2,1H3,(H3-,21,22,23,25,29,31,32)/p+1/b24-12-/t13-,18+/m1/s1. The number of nitrogens with one attached hydrogen (secondary N) is 1. The number of nitrogens with zero attached hydrogens (tertiary/aromatic N) is 6. The number of carbonyl (C=O) groups is 3. The lowest BCUT2D eigenvalue weighted by molar-refractivity contribution is -0.688. The highest BCUT2D eigenvalue weighted by Gasteiger charge is 2.54. The molecule has 5 rings (SSSR count). The molecule has 0 radical (unpaired) electrons. The van der Waals surface area contributed by atoms with Crippen LogP contribution in [0.5, 0.6) is 0 Å². The molecule has 0 saturated carbocycles. The number of thioether (sulfide) groups is 1. The number of oxime groups is 1. The topological polar surface area (TPSA) is 168 Å². The van der Waals surface area contributed by atoms with Gasteiger partial charge in [-0.3, -0.25) is 14.5 Å². The number of hydrogen-bond acceptors (Lipinski definition) is 10. The number of fused-ring (bicyclic) bond motifs is 2. The van der Waals surface area contributed by atoms with Crippen molar-refractivity contribution in [3.63, 3.8) is 0 Å². The Morgan fingerprint density at radius 3 is 2.97 bits per heavy atom. The molecule has 3 aromatic heterocycles. The summed E-state index contributed by atoms with van der Waals surface area (Å²) in [7, 11) is 1.26. The minimum atomic E-state index is -1.20. The normalized spacial score (nSPS) is 20.0. The minimum Gasteiger partial charge on any atom is -0.477 e. The molecule has 2 atom stereocenters. The van der Waals surface area contributed by atoms with Crippen molar-refractivity contribution in [2.75, 3.05) is 18.6 Å². The summed E-state index contributed by atoms with van der Waals surface area (Å²) in [5.41, 5.74) is 6.84. The number of rotatable bonds is 7. The maximum absolute atomic E-state index is 13.0. The lowest BCUT2D eigenvalue weighted by Gasteiger charge is -2.49. The SMILES string of the molecule is CO/N=C(\C(=O)N[C@@H]1C(=O)N2C(C(=O)O)=C(C[n+]3ccn4cccc4c3)CS[C@@H]12)c1nsc(N)n1. The first-order chi connectivity index (χ1) is 16.9. The molecule has 15 heteroatoms. The van der Waals surface area contributed by atoms with Crippen molar-refractivity contribution in [1.82, 2.24) is 24.0 Å². The Morgan fingerprint density at radius 1 is 1.43 bits per heavy atom. The zero-order valence-corrected chi connectivity index (χ0v) is 19.8. The number of carboxylic acids is 1. The highest BCUT2D eigenvalue weighted by atomic mass is 32.2. The molecule has 3 aromatic rings. The van der Waals surface area contributed by atoms with Crippen molar-refractivity contribution in [2.24, 2.45) is 5.16 Å². The van der Waals surface area contributed by atoms with E-state index in [-0.39, 0.29) is 22.4 Å². The van der Waals surface area contributed by atoms with Crippen LogP contribution in [0, 0.1) is 0 Å². The number of nitrogen functional groups attached to an aromatic ring is 1. The molecular weight excluding hydrogens is 496 g/mol. The second kappa shape index (κ2) is 8.99. The van der Waals surface area contributed by atoms with Crippen LogP contribution in [0.3, 0.4) is 0 Å². The molecule has 1 fully saturated rings. The molecule has 2 amide bonds. The second-order valence-electron chi connectivity index (χ2n) is 7.64. The molecule has 0 unspecified atom stereocenters. The Kier molecular flexibility index (Phi) is 5.86. The molecule has 13 nitrogen and oxygen atoms in total. The van der Waals surface area contributed by atoms with Gasteiger partial charge in [0.1, 0.15) is 29.7 Å². The molecule has 0 aliphatic carbocycles. The Morgan fingerprint density at radius 2 is 2.26 bits per heavy atom. The van der Waals surface area contributed by atoms with E-state index in [1.54, 1.807) is 0 Å². The first-order valence-corrected chi connectivity index (χ1v) is 12.1. The number of amides is 2. The van der Waals surface area contributed by atoms with Crippen LogP contribution >= 0.6 is 23.3 Å². The Bertz CT molecular complexity index is 1410. The van der Waals surface area contributed by atoms with Crippen molar-refractivity contribution in [3.8, 4) is 0 Å². The van der Waals surface area contributed by atoms with E-state index in [9.17, 15) is 19.5 Å². The van der Waals surface area contributed by atoms with Crippen LogP contribution in [0.1, 0.15) is 5.82 Å². The summed E-state index contributed by atoms with van der Waals surface area (Å²) in [6, 6.07) is 2.92. The summed E-state index contributed by atoms with van der Waals surface area (Å²) in [6.07, 6.45) is 7.53. The third kappa shape index (κ3) is 4.08. The molecule has 1 saturated heterocycles. The van der Waals surface area contributed by atoms with E-state index in [1.165, 1.54) is 23.8 Å². The van der Waals surface area contributed by atoms with E-state index >= 15 is 0 Å². The van der Waals surface area contributed by atoms with E-state index < -0.39 is 29.2 Å². The number of nitrogens with two attached hydrogens (primary N) is 1. The molecule has 0 spiro atoms. The quantitative estimate of drug-likeness (QED) is 0.162. The van der Waals surface area contributed by atoms with Crippen molar-refractivity contribution in [2.45, 2.75) is 18.0 Å². The molecule has 5 heterocycles. The predicted molar refractivity (Wildman–Crippen MR) is 125 cm³/mol. The Labute approximate surface area is 206 Å². The third-order valence-electron chi connectivity index (χ3n) is 5.49. The number of aromatic nitrogens is 4. The van der Waals surface area contributed by atoms with E-state index in [4.69, 9.17) is 10.6 Å². The largest absolute Gasteiger partial charge is 0.477 e. The van der Waals surface area contributed by atoms with Gasteiger partial charge in [-0.25, -0.2) is 4.79 Å². The molecule has 35 heavy (non-hydrogen) atoms. The number of carboxylic acid groups (broad SMARTS) is 1. The van der Waals surface area contributed by atoms with Crippen molar-refractivity contribution < 1.29 is 28.9 Å². The number of β-lactam (4-membered cyclic amide) rings is 1. The van der Waals surface area contributed by atoms with E-state index in [0.29, 0.717) is 17.9 Å². The summed E-state index contributed by atoms with van der Waals surface area (Å²) in [5.74, 6) is -2.11. The fraction of sp³-hybridized carbons (Fsp3) is 0.250. The van der Waals surface area contributed by atoms with Crippen LogP contribution in [0.4, 0.5) is 5.13 Å². The van der Waals surface area contributed by atoms with Gasteiger partial charge in [-0.05, 0) is 12.1 Å². The number of carbonyl (C=O) groups excluding carboxylic acids is 2. The van der Waals surface area contributed by atoms with Gasteiger partial charge in [0.25, 0.3) is 11.8 Å². The summed E-state index contributed by atoms with van der Waals surface area (Å²) in [4.78, 5) is 47.8. The van der Waals surface area contributed by atoms with Crippen LogP contribution in [-0.2, 0) is 25.8 Å². The predicted octanol–water partition coefficient (Wildman–Crippen LogP) is -0.550. The van der Waals surface area contributed by atoms with Crippen LogP contribution in [0.15, 0.2) is 53.3 Å². The lowest BCUT2D eigenvalue weighted by atomic mass is 10.0. The van der Waals surface area contributed by atoms with Gasteiger partial charge in [-0.2, -0.15) is 13.9 Å². The molecule has 2 aliphatic rings. The van der Waals surface area contributed by atoms with Crippen LogP contribution < -0.4 is 15.6 Å². The van der Waals surface area contributed by atoms with Crippen molar-refractivity contribution in [3.05, 3.63) is 54.0 Å². The van der Waals surface area contributed by atoms with Gasteiger partial charge >= 0.3 is 5.97 Å². The van der Waals surface area contributed by atoms with Gasteiger partial charge in [0, 0.05) is 29.1 Å². The highest BCUT2D eigenvalue weighted by Crippen LogP contribution is 2.40. The van der Waals surface area contributed by atoms with Crippen LogP contribution in [0.2, 0.25) is 0 Å². The average molecular weight is 516 g/mol. The van der Waals surface area contributed by atoms with Gasteiger partial charge in [0.2, 0.25) is 11.5 Å². The first-order valence-electron chi connectivity index (χ1n) is 10.2. The maximum atomic E-state index is 13.0. The first kappa shape index (κ1) is 22.8. The maximum Gasteiger partial charge on any atom is 0.352 e. The second-order valence-corrected chi connectivity index (χ2v) is 9.53. The fourth-order valence-corrected chi connectivity index (χ4v) is 5.73. The van der Waals surface area contributed by atoms with Crippen molar-refractivity contribution >= 4 is 57.4 Å². The van der Waals surface area contributed by atoms with Gasteiger partial charge in [-0.15, -0.1) is 11.8 Å². The lowest BCUT2D eigenvalue weighted by Crippen LogP contribution is -2.71. The summed E-state index contributed by atoms with van der Waals surface area (Å²) in [5, 5.41) is 15.7. The Hall–Kier alpha value is -3.98. The monoisotopic (exact) mass is 515 g/mol. The Balaban J connectivity index is 1.36. The average Bonchev–Trinajstić information content (AvgIpc) is 3.48. The molecule has 180 valence electrons. The van der Waals surface area contributed by atoms with Crippen LogP contribution in [-0.4, -0.2) is 71.5 Å². The summed E-state index contributed by atoms with van der Waals surface area (Å²) >= 11 is 2.26. The molecule has 4 N–H and O–H groups in total. The highest BCUT2D eigenvalue weighted by molar-refractivity contribution is 8.00. The van der Waals surface area contributed by atoms with E-state index in [0.717, 1.165) is 17.0 Å². The van der Waals surface area contributed by atoms with Crippen LogP contribution in [0.25, 0.3) is 5.52 Å². The van der Waals surface area contributed by atoms with Gasteiger partial charge in [0.15, 0.2) is 24.1 Å². The fourth-order valence-electron chi connectivity index (χ4n) is 3.96. The zero-order valence-electron chi connectivity index (χ0n) is 18.2. The number of hydrogen-bond donors (Lipinski definition) is 3. The smallest absolute Gasteiger partial charge is 0.352 e.